The van der Waals surface area contributed by atoms with Crippen LogP contribution in [0.5, 0.6) is 5.75 Å². The maximum atomic E-state index is 12.1. The smallest absolute Gasteiger partial charge is 0.405 e. The van der Waals surface area contributed by atoms with Gasteiger partial charge in [0.2, 0.25) is 0 Å². The highest BCUT2D eigenvalue weighted by Gasteiger charge is 2.31. The highest BCUT2D eigenvalue weighted by molar-refractivity contribution is 9.10. The fourth-order valence-corrected chi connectivity index (χ4v) is 2.16. The van der Waals surface area contributed by atoms with Crippen molar-refractivity contribution in [3.8, 4) is 5.75 Å². The van der Waals surface area contributed by atoms with Crippen molar-refractivity contribution < 1.29 is 23.0 Å². The number of aliphatic hydroxyl groups is 1. The highest BCUT2D eigenvalue weighted by atomic mass is 79.9. The number of benzene rings is 1. The van der Waals surface area contributed by atoms with Crippen LogP contribution < -0.4 is 10.1 Å². The lowest BCUT2D eigenvalue weighted by Crippen LogP contribution is -2.25. The number of halogens is 4. The van der Waals surface area contributed by atoms with Crippen molar-refractivity contribution in [2.24, 2.45) is 0 Å². The Labute approximate surface area is 124 Å². The number of alkyl halides is 3. The quantitative estimate of drug-likeness (QED) is 0.785. The minimum absolute atomic E-state index is 0.154. The second-order valence-electron chi connectivity index (χ2n) is 4.46. The van der Waals surface area contributed by atoms with E-state index in [1.807, 2.05) is 6.92 Å². The number of hydrogen-bond donors (Lipinski definition) is 2. The average Bonchev–Trinajstić information content (AvgIpc) is 2.35. The fourth-order valence-electron chi connectivity index (χ4n) is 1.65. The zero-order valence-electron chi connectivity index (χ0n) is 11.0. The molecule has 0 bridgehead atoms. The van der Waals surface area contributed by atoms with Crippen LogP contribution in [0.4, 0.5) is 13.2 Å². The third kappa shape index (κ3) is 6.58. The summed E-state index contributed by atoms with van der Waals surface area (Å²) in [5.74, 6) is -0.255. The molecule has 0 heterocycles. The average molecular weight is 356 g/mol. The lowest BCUT2D eigenvalue weighted by atomic mass is 10.1. The predicted octanol–water partition coefficient (Wildman–Crippen LogP) is 3.60. The van der Waals surface area contributed by atoms with Gasteiger partial charge in [-0.05, 0) is 53.4 Å². The second kappa shape index (κ2) is 7.85. The van der Waals surface area contributed by atoms with Gasteiger partial charge in [-0.1, -0.05) is 6.07 Å². The molecule has 1 aromatic carbocycles. The largest absolute Gasteiger partial charge is 0.573 e. The summed E-state index contributed by atoms with van der Waals surface area (Å²) in [6, 6.07) is 4.68. The van der Waals surface area contributed by atoms with Gasteiger partial charge in [0, 0.05) is 19.2 Å². The monoisotopic (exact) mass is 355 g/mol. The van der Waals surface area contributed by atoms with Crippen LogP contribution in [0.15, 0.2) is 22.7 Å². The minimum atomic E-state index is -4.69. The summed E-state index contributed by atoms with van der Waals surface area (Å²) in [7, 11) is 0. The van der Waals surface area contributed by atoms with Crippen molar-refractivity contribution in [3.63, 3.8) is 0 Å². The molecule has 1 atom stereocenters. The zero-order valence-corrected chi connectivity index (χ0v) is 12.6. The molecule has 0 radical (unpaired) electrons. The Balaban J connectivity index is 2.55. The summed E-state index contributed by atoms with van der Waals surface area (Å²) >= 11 is 3.06. The van der Waals surface area contributed by atoms with Crippen LogP contribution in [0.25, 0.3) is 0 Å². The lowest BCUT2D eigenvalue weighted by Gasteiger charge is -2.14. The molecule has 3 nitrogen and oxygen atoms in total. The van der Waals surface area contributed by atoms with E-state index >= 15 is 0 Å². The Morgan fingerprint density at radius 3 is 2.65 bits per heavy atom. The van der Waals surface area contributed by atoms with E-state index in [9.17, 15) is 13.2 Å². The standard InChI is InChI=1S/C13H17BrF3NO2/c1-9(3-2-6-19)18-8-10-4-5-12(11(14)7-10)20-13(15,16)17/h4-5,7,9,18-19H,2-3,6,8H2,1H3. The first-order valence-electron chi connectivity index (χ1n) is 6.20. The first-order valence-corrected chi connectivity index (χ1v) is 6.99. The SMILES string of the molecule is CC(CCCO)NCc1ccc(OC(F)(F)F)c(Br)c1. The Hall–Kier alpha value is -0.790. The molecule has 0 aliphatic heterocycles. The van der Waals surface area contributed by atoms with Gasteiger partial charge in [-0.15, -0.1) is 13.2 Å². The molecule has 114 valence electrons. The number of ether oxygens (including phenoxy) is 1. The topological polar surface area (TPSA) is 41.5 Å². The van der Waals surface area contributed by atoms with Crippen LogP contribution in [0.3, 0.4) is 0 Å². The Kier molecular flexibility index (Phi) is 6.78. The molecule has 7 heteroatoms. The van der Waals surface area contributed by atoms with Crippen molar-refractivity contribution in [2.75, 3.05) is 6.61 Å². The van der Waals surface area contributed by atoms with E-state index in [0.29, 0.717) is 6.54 Å². The summed E-state index contributed by atoms with van der Waals surface area (Å²) in [6.45, 7) is 2.68. The van der Waals surface area contributed by atoms with E-state index in [0.717, 1.165) is 18.4 Å². The number of hydrogen-bond acceptors (Lipinski definition) is 3. The van der Waals surface area contributed by atoms with Crippen LogP contribution in [-0.4, -0.2) is 24.1 Å². The van der Waals surface area contributed by atoms with E-state index in [2.05, 4.69) is 26.0 Å². The van der Waals surface area contributed by atoms with Gasteiger partial charge in [-0.2, -0.15) is 0 Å². The van der Waals surface area contributed by atoms with Gasteiger partial charge in [-0.25, -0.2) is 0 Å². The first kappa shape index (κ1) is 17.3. The van der Waals surface area contributed by atoms with Crippen LogP contribution in [0.2, 0.25) is 0 Å². The van der Waals surface area contributed by atoms with E-state index in [1.54, 1.807) is 12.1 Å². The van der Waals surface area contributed by atoms with E-state index in [-0.39, 0.29) is 22.9 Å². The van der Waals surface area contributed by atoms with Gasteiger partial charge in [0.25, 0.3) is 0 Å². The summed E-state index contributed by atoms with van der Waals surface area (Å²) in [6.07, 6.45) is -3.13. The summed E-state index contributed by atoms with van der Waals surface area (Å²) in [5, 5.41) is 12.0. The molecule has 0 fully saturated rings. The molecule has 0 spiro atoms. The highest BCUT2D eigenvalue weighted by Crippen LogP contribution is 2.31. The summed E-state index contributed by atoms with van der Waals surface area (Å²) in [5.41, 5.74) is 0.849. The molecule has 0 aliphatic carbocycles. The molecular weight excluding hydrogens is 339 g/mol. The molecule has 1 rings (SSSR count). The second-order valence-corrected chi connectivity index (χ2v) is 5.31. The molecular formula is C13H17BrF3NO2. The molecule has 0 saturated heterocycles. The Bertz CT molecular complexity index is 427. The van der Waals surface area contributed by atoms with Crippen molar-refractivity contribution in [3.05, 3.63) is 28.2 Å². The van der Waals surface area contributed by atoms with Crippen LogP contribution in [-0.2, 0) is 6.54 Å². The number of aliphatic hydroxyl groups excluding tert-OH is 1. The maximum absolute atomic E-state index is 12.1. The molecule has 1 aromatic rings. The van der Waals surface area contributed by atoms with Gasteiger partial charge in [0.15, 0.2) is 0 Å². The summed E-state index contributed by atoms with van der Waals surface area (Å²) in [4.78, 5) is 0. The molecule has 0 amide bonds. The van der Waals surface area contributed by atoms with Crippen molar-refractivity contribution >= 4 is 15.9 Å². The molecule has 2 N–H and O–H groups in total. The normalized spacial score (nSPS) is 13.3. The lowest BCUT2D eigenvalue weighted by molar-refractivity contribution is -0.274. The van der Waals surface area contributed by atoms with Gasteiger partial charge in [-0.3, -0.25) is 0 Å². The Morgan fingerprint density at radius 2 is 2.10 bits per heavy atom. The number of rotatable bonds is 7. The molecule has 20 heavy (non-hydrogen) atoms. The maximum Gasteiger partial charge on any atom is 0.573 e. The molecule has 1 unspecified atom stereocenters. The van der Waals surface area contributed by atoms with Crippen LogP contribution >= 0.6 is 15.9 Å². The Morgan fingerprint density at radius 1 is 1.40 bits per heavy atom. The first-order chi connectivity index (χ1) is 9.31. The van der Waals surface area contributed by atoms with E-state index in [4.69, 9.17) is 5.11 Å². The number of nitrogens with one attached hydrogen (secondary N) is 1. The fraction of sp³-hybridized carbons (Fsp3) is 0.538. The zero-order chi connectivity index (χ0) is 15.2. The van der Waals surface area contributed by atoms with Gasteiger partial charge in [0.05, 0.1) is 4.47 Å². The van der Waals surface area contributed by atoms with Crippen molar-refractivity contribution in [1.29, 1.82) is 0 Å². The molecule has 0 aliphatic rings. The van der Waals surface area contributed by atoms with E-state index in [1.165, 1.54) is 6.07 Å². The van der Waals surface area contributed by atoms with Crippen molar-refractivity contribution in [1.82, 2.24) is 5.32 Å². The van der Waals surface area contributed by atoms with Gasteiger partial charge in [0.1, 0.15) is 5.75 Å². The van der Waals surface area contributed by atoms with Crippen molar-refractivity contribution in [2.45, 2.75) is 38.7 Å². The third-order valence-electron chi connectivity index (χ3n) is 2.67. The van der Waals surface area contributed by atoms with Gasteiger partial charge < -0.3 is 15.2 Å². The molecule has 0 saturated carbocycles. The third-order valence-corrected chi connectivity index (χ3v) is 3.29. The van der Waals surface area contributed by atoms with E-state index < -0.39 is 6.36 Å². The van der Waals surface area contributed by atoms with Gasteiger partial charge >= 0.3 is 6.36 Å². The van der Waals surface area contributed by atoms with Crippen LogP contribution in [0.1, 0.15) is 25.3 Å². The van der Waals surface area contributed by atoms with Crippen LogP contribution in [0, 0.1) is 0 Å². The predicted molar refractivity (Wildman–Crippen MR) is 73.4 cm³/mol. The summed E-state index contributed by atoms with van der Waals surface area (Å²) < 4.78 is 40.5. The molecule has 0 aromatic heterocycles. The minimum Gasteiger partial charge on any atom is -0.405 e.